The van der Waals surface area contributed by atoms with Gasteiger partial charge in [-0.1, -0.05) is 62.4 Å². The second-order valence-electron chi connectivity index (χ2n) is 8.56. The highest BCUT2D eigenvalue weighted by atomic mass is 16.4. The summed E-state index contributed by atoms with van der Waals surface area (Å²) in [5.74, 6) is 0. The largest absolute Gasteiger partial charge is 0.528 e. The molecule has 3 aromatic carbocycles. The quantitative estimate of drug-likeness (QED) is 0.441. The highest BCUT2D eigenvalue weighted by molar-refractivity contribution is 6.56. The van der Waals surface area contributed by atoms with Crippen molar-refractivity contribution in [1.82, 2.24) is 14.5 Å². The minimum absolute atomic E-state index is 0.00512. The first kappa shape index (κ1) is 18.3. The highest BCUT2D eigenvalue weighted by Crippen LogP contribution is 2.52. The van der Waals surface area contributed by atoms with Crippen molar-refractivity contribution in [2.75, 3.05) is 0 Å². The molecule has 0 fully saturated rings. The van der Waals surface area contributed by atoms with E-state index in [2.05, 4.69) is 76.9 Å². The first-order valence-corrected chi connectivity index (χ1v) is 10.3. The predicted octanol–water partition coefficient (Wildman–Crippen LogP) is 3.56. The Bertz CT molecular complexity index is 1490. The Balaban J connectivity index is 1.82. The van der Waals surface area contributed by atoms with Gasteiger partial charge in [-0.05, 0) is 40.5 Å². The van der Waals surface area contributed by atoms with Gasteiger partial charge < -0.3 is 14.6 Å². The van der Waals surface area contributed by atoms with Crippen molar-refractivity contribution in [2.45, 2.75) is 19.3 Å². The van der Waals surface area contributed by atoms with Crippen LogP contribution in [0, 0.1) is 0 Å². The molecule has 0 spiro atoms. The summed E-state index contributed by atoms with van der Waals surface area (Å²) in [6.07, 6.45) is 1.69. The van der Waals surface area contributed by atoms with Crippen molar-refractivity contribution in [3.63, 3.8) is 0 Å². The number of aromatic nitrogens is 3. The molecule has 2 N–H and O–H groups in total. The lowest BCUT2D eigenvalue weighted by Gasteiger charge is -2.22. The molecule has 0 aliphatic heterocycles. The van der Waals surface area contributed by atoms with Crippen molar-refractivity contribution in [2.24, 2.45) is 0 Å². The Morgan fingerprint density at radius 1 is 0.839 bits per heavy atom. The van der Waals surface area contributed by atoms with Crippen molar-refractivity contribution >= 4 is 34.8 Å². The Morgan fingerprint density at radius 2 is 1.58 bits per heavy atom. The summed E-state index contributed by atoms with van der Waals surface area (Å²) in [4.78, 5) is 8.85. The van der Waals surface area contributed by atoms with Crippen LogP contribution in [-0.2, 0) is 5.41 Å². The summed E-state index contributed by atoms with van der Waals surface area (Å²) >= 11 is 0. The van der Waals surface area contributed by atoms with Gasteiger partial charge in [0.05, 0.1) is 22.7 Å². The molecule has 2 aromatic heterocycles. The topological polar surface area (TPSA) is 71.2 Å². The lowest BCUT2D eigenvalue weighted by molar-refractivity contribution is 0.422. The molecule has 0 unspecified atom stereocenters. The van der Waals surface area contributed by atoms with Crippen LogP contribution in [0.25, 0.3) is 38.8 Å². The zero-order valence-electron chi connectivity index (χ0n) is 17.2. The molecule has 31 heavy (non-hydrogen) atoms. The fourth-order valence-corrected chi connectivity index (χ4v) is 5.14. The second kappa shape index (κ2) is 6.26. The average molecular weight is 405 g/mol. The predicted molar refractivity (Wildman–Crippen MR) is 124 cm³/mol. The van der Waals surface area contributed by atoms with Gasteiger partial charge >= 0.3 is 7.12 Å². The van der Waals surface area contributed by atoms with Gasteiger partial charge in [-0.25, -0.2) is 9.97 Å². The molecule has 1 aliphatic rings. The number of hydrogen-bond donors (Lipinski definition) is 2. The van der Waals surface area contributed by atoms with E-state index in [1.807, 2.05) is 18.2 Å². The van der Waals surface area contributed by atoms with E-state index in [1.165, 1.54) is 22.3 Å². The maximum Gasteiger partial charge on any atom is 0.528 e. The van der Waals surface area contributed by atoms with E-state index in [4.69, 9.17) is 0 Å². The molecule has 1 aliphatic carbocycles. The van der Waals surface area contributed by atoms with Crippen molar-refractivity contribution in [3.8, 4) is 16.8 Å². The molecule has 0 amide bonds. The lowest BCUT2D eigenvalue weighted by atomic mass is 9.81. The first-order chi connectivity index (χ1) is 15.0. The van der Waals surface area contributed by atoms with Gasteiger partial charge in [0, 0.05) is 16.5 Å². The van der Waals surface area contributed by atoms with Crippen LogP contribution in [0.5, 0.6) is 0 Å². The van der Waals surface area contributed by atoms with Gasteiger partial charge in [-0.2, -0.15) is 0 Å². The zero-order chi connectivity index (χ0) is 21.3. The van der Waals surface area contributed by atoms with Gasteiger partial charge in [-0.3, -0.25) is 0 Å². The van der Waals surface area contributed by atoms with Gasteiger partial charge in [-0.15, -0.1) is 0 Å². The molecular formula is C25H20BN3O2. The van der Waals surface area contributed by atoms with E-state index in [0.29, 0.717) is 0 Å². The molecule has 0 radical (unpaired) electrons. The third kappa shape index (κ3) is 2.40. The molecule has 150 valence electrons. The minimum atomic E-state index is -1.72. The standard InChI is InChI=1S/C25H20BN3O2/c1-25(2)18-11-7-6-10-16(18)17-12-13-19-21(22(17)25)23-20(14-27-24(28-23)26(30)31)29(19)15-8-4-3-5-9-15/h3-14,30-31H,1-2H3. The average Bonchev–Trinajstić information content (AvgIpc) is 3.23. The molecule has 5 aromatic rings. The van der Waals surface area contributed by atoms with Crippen LogP contribution in [-0.4, -0.2) is 31.7 Å². The van der Waals surface area contributed by atoms with E-state index in [9.17, 15) is 10.0 Å². The molecule has 0 saturated heterocycles. The molecule has 6 rings (SSSR count). The Kier molecular flexibility index (Phi) is 3.70. The third-order valence-corrected chi connectivity index (χ3v) is 6.45. The van der Waals surface area contributed by atoms with E-state index >= 15 is 0 Å². The summed E-state index contributed by atoms with van der Waals surface area (Å²) < 4.78 is 2.15. The molecular weight excluding hydrogens is 385 g/mol. The van der Waals surface area contributed by atoms with Crippen molar-refractivity contribution < 1.29 is 10.0 Å². The highest BCUT2D eigenvalue weighted by Gasteiger charge is 2.38. The van der Waals surface area contributed by atoms with Crippen LogP contribution in [0.4, 0.5) is 0 Å². The van der Waals surface area contributed by atoms with Gasteiger partial charge in [0.25, 0.3) is 0 Å². The molecule has 0 atom stereocenters. The number of benzene rings is 3. The lowest BCUT2D eigenvalue weighted by Crippen LogP contribution is -2.35. The molecule has 0 saturated carbocycles. The van der Waals surface area contributed by atoms with E-state index in [1.54, 1.807) is 6.20 Å². The fourth-order valence-electron chi connectivity index (χ4n) is 5.14. The number of rotatable bonds is 2. The van der Waals surface area contributed by atoms with Crippen LogP contribution in [0.1, 0.15) is 25.0 Å². The maximum atomic E-state index is 9.74. The van der Waals surface area contributed by atoms with Gasteiger partial charge in [0.2, 0.25) is 0 Å². The number of hydrogen-bond acceptors (Lipinski definition) is 4. The summed E-state index contributed by atoms with van der Waals surface area (Å²) in [7, 11) is -1.72. The number of nitrogens with zero attached hydrogens (tertiary/aromatic N) is 3. The SMILES string of the molecule is CC1(C)c2ccccc2-c2ccc3c(c21)c1nc(B(O)O)ncc1n3-c1ccccc1. The number of fused-ring (bicyclic) bond motifs is 7. The summed E-state index contributed by atoms with van der Waals surface area (Å²) in [5.41, 5.74) is 8.33. The fraction of sp³-hybridized carbons (Fsp3) is 0.120. The Morgan fingerprint density at radius 3 is 2.35 bits per heavy atom. The normalized spacial score (nSPS) is 14.1. The van der Waals surface area contributed by atoms with E-state index < -0.39 is 7.12 Å². The summed E-state index contributed by atoms with van der Waals surface area (Å²) in [6, 6.07) is 23.0. The Labute approximate surface area is 179 Å². The zero-order valence-corrected chi connectivity index (χ0v) is 17.2. The molecule has 0 bridgehead atoms. The summed E-state index contributed by atoms with van der Waals surface area (Å²) in [5, 5.41) is 20.5. The van der Waals surface area contributed by atoms with E-state index in [0.717, 1.165) is 27.6 Å². The van der Waals surface area contributed by atoms with Gasteiger partial charge in [0.15, 0.2) is 5.72 Å². The minimum Gasteiger partial charge on any atom is -0.421 e. The number of para-hydroxylation sites is 1. The monoisotopic (exact) mass is 405 g/mol. The van der Waals surface area contributed by atoms with Gasteiger partial charge in [0.1, 0.15) is 0 Å². The smallest absolute Gasteiger partial charge is 0.421 e. The van der Waals surface area contributed by atoms with Crippen molar-refractivity contribution in [3.05, 3.63) is 84.1 Å². The maximum absolute atomic E-state index is 9.74. The van der Waals surface area contributed by atoms with Crippen LogP contribution in [0.3, 0.4) is 0 Å². The second-order valence-corrected chi connectivity index (χ2v) is 8.56. The summed E-state index contributed by atoms with van der Waals surface area (Å²) in [6.45, 7) is 4.48. The molecule has 6 heteroatoms. The van der Waals surface area contributed by atoms with Crippen LogP contribution in [0.15, 0.2) is 72.9 Å². The first-order valence-electron chi connectivity index (χ1n) is 10.3. The molecule has 2 heterocycles. The van der Waals surface area contributed by atoms with Crippen LogP contribution < -0.4 is 5.72 Å². The Hall–Kier alpha value is -3.48. The van der Waals surface area contributed by atoms with Crippen LogP contribution >= 0.6 is 0 Å². The third-order valence-electron chi connectivity index (χ3n) is 6.45. The van der Waals surface area contributed by atoms with Crippen molar-refractivity contribution in [1.29, 1.82) is 0 Å². The molecule has 5 nitrogen and oxygen atoms in total. The van der Waals surface area contributed by atoms with E-state index in [-0.39, 0.29) is 11.1 Å². The van der Waals surface area contributed by atoms with Crippen LogP contribution in [0.2, 0.25) is 0 Å².